The molecule has 1 aliphatic heterocycles. The van der Waals surface area contributed by atoms with Crippen LogP contribution in [0.25, 0.3) is 0 Å². The van der Waals surface area contributed by atoms with Crippen molar-refractivity contribution >= 4 is 5.91 Å². The minimum Gasteiger partial charge on any atom is -0.374 e. The summed E-state index contributed by atoms with van der Waals surface area (Å²) in [5.41, 5.74) is -0.113. The van der Waals surface area contributed by atoms with Gasteiger partial charge in [0.1, 0.15) is 0 Å². The van der Waals surface area contributed by atoms with Crippen LogP contribution in [0.3, 0.4) is 0 Å². The molecule has 120 valence electrons. The fraction of sp³-hybridized carbons (Fsp3) is 0.438. The zero-order chi connectivity index (χ0) is 16.2. The molecule has 0 N–H and O–H groups in total. The van der Waals surface area contributed by atoms with Gasteiger partial charge in [-0.1, -0.05) is 24.3 Å². The third kappa shape index (κ3) is 4.34. The highest BCUT2D eigenvalue weighted by Crippen LogP contribution is 2.30. The van der Waals surface area contributed by atoms with E-state index in [1.165, 1.54) is 6.07 Å². The Kier molecular flexibility index (Phi) is 5.24. The summed E-state index contributed by atoms with van der Waals surface area (Å²) in [5.74, 6) is -0.0349. The highest BCUT2D eigenvalue weighted by Gasteiger charge is 2.31. The summed E-state index contributed by atoms with van der Waals surface area (Å²) in [7, 11) is 0. The molecule has 6 heteroatoms. The second-order valence-corrected chi connectivity index (χ2v) is 5.23. The van der Waals surface area contributed by atoms with E-state index in [2.05, 4.69) is 6.58 Å². The summed E-state index contributed by atoms with van der Waals surface area (Å²) < 4.78 is 43.7. The average molecular weight is 313 g/mol. The van der Waals surface area contributed by atoms with Crippen molar-refractivity contribution in [3.8, 4) is 0 Å². The van der Waals surface area contributed by atoms with Crippen LogP contribution in [0.4, 0.5) is 13.2 Å². The second kappa shape index (κ2) is 6.96. The summed E-state index contributed by atoms with van der Waals surface area (Å²) in [5, 5.41) is 0. The number of halogens is 3. The molecular formula is C16H18F3NO2. The van der Waals surface area contributed by atoms with Gasteiger partial charge >= 0.3 is 6.18 Å². The predicted octanol–water partition coefficient (Wildman–Crippen LogP) is 3.05. The molecule has 3 nitrogen and oxygen atoms in total. The molecule has 2 rings (SSSR count). The lowest BCUT2D eigenvalue weighted by Gasteiger charge is -2.33. The van der Waals surface area contributed by atoms with Gasteiger partial charge in [-0.25, -0.2) is 0 Å². The van der Waals surface area contributed by atoms with Gasteiger partial charge < -0.3 is 9.64 Å². The van der Waals surface area contributed by atoms with Crippen LogP contribution in [-0.4, -0.2) is 36.6 Å². The van der Waals surface area contributed by atoms with E-state index in [1.54, 1.807) is 17.0 Å². The van der Waals surface area contributed by atoms with E-state index in [0.717, 1.165) is 12.1 Å². The van der Waals surface area contributed by atoms with Gasteiger partial charge in [0.05, 0.1) is 18.3 Å². The van der Waals surface area contributed by atoms with E-state index in [1.807, 2.05) is 0 Å². The number of nitrogens with zero attached hydrogens (tertiary/aromatic N) is 1. The molecule has 1 aromatic rings. The molecule has 1 fully saturated rings. The SMILES string of the molecule is C=CCC(=O)N1CCOC(Cc2cccc(C(F)(F)F)c2)C1. The van der Waals surface area contributed by atoms with Crippen molar-refractivity contribution in [3.63, 3.8) is 0 Å². The van der Waals surface area contributed by atoms with E-state index < -0.39 is 11.7 Å². The highest BCUT2D eigenvalue weighted by molar-refractivity contribution is 5.77. The highest BCUT2D eigenvalue weighted by atomic mass is 19.4. The van der Waals surface area contributed by atoms with Crippen molar-refractivity contribution in [3.05, 3.63) is 48.0 Å². The zero-order valence-electron chi connectivity index (χ0n) is 12.1. The first kappa shape index (κ1) is 16.5. The van der Waals surface area contributed by atoms with E-state index in [0.29, 0.717) is 31.7 Å². The zero-order valence-corrected chi connectivity index (χ0v) is 12.1. The Balaban J connectivity index is 2.01. The Bertz CT molecular complexity index is 542. The fourth-order valence-electron chi connectivity index (χ4n) is 2.46. The van der Waals surface area contributed by atoms with Crippen LogP contribution in [0, 0.1) is 0 Å². The summed E-state index contributed by atoms with van der Waals surface area (Å²) in [6.07, 6.45) is -2.49. The monoisotopic (exact) mass is 313 g/mol. The number of rotatable bonds is 4. The first-order chi connectivity index (χ1) is 10.4. The van der Waals surface area contributed by atoms with E-state index in [9.17, 15) is 18.0 Å². The van der Waals surface area contributed by atoms with Gasteiger partial charge in [-0.3, -0.25) is 4.79 Å². The van der Waals surface area contributed by atoms with Crippen LogP contribution in [0.1, 0.15) is 17.5 Å². The van der Waals surface area contributed by atoms with Crippen molar-refractivity contribution < 1.29 is 22.7 Å². The maximum atomic E-state index is 12.7. The van der Waals surface area contributed by atoms with Crippen molar-refractivity contribution in [1.82, 2.24) is 4.90 Å². The van der Waals surface area contributed by atoms with Crippen LogP contribution in [0.2, 0.25) is 0 Å². The van der Waals surface area contributed by atoms with Gasteiger partial charge in [0.2, 0.25) is 5.91 Å². The Morgan fingerprint density at radius 2 is 2.23 bits per heavy atom. The third-order valence-electron chi connectivity index (χ3n) is 3.53. The third-order valence-corrected chi connectivity index (χ3v) is 3.53. The molecule has 0 aromatic heterocycles. The van der Waals surface area contributed by atoms with Gasteiger partial charge in [0.15, 0.2) is 0 Å². The van der Waals surface area contributed by atoms with Crippen molar-refractivity contribution in [2.45, 2.75) is 25.1 Å². The van der Waals surface area contributed by atoms with Crippen LogP contribution < -0.4 is 0 Å². The fourth-order valence-corrected chi connectivity index (χ4v) is 2.46. The lowest BCUT2D eigenvalue weighted by atomic mass is 10.0. The minimum absolute atomic E-state index is 0.0349. The van der Waals surface area contributed by atoms with Crippen molar-refractivity contribution in [2.24, 2.45) is 0 Å². The maximum absolute atomic E-state index is 12.7. The molecule has 0 bridgehead atoms. The molecule has 1 unspecified atom stereocenters. The normalized spacial score (nSPS) is 19.0. The van der Waals surface area contributed by atoms with Crippen LogP contribution in [-0.2, 0) is 22.1 Å². The average Bonchev–Trinajstić information content (AvgIpc) is 2.47. The standard InChI is InChI=1S/C16H18F3NO2/c1-2-4-15(21)20-7-8-22-14(11-20)10-12-5-3-6-13(9-12)16(17,18)19/h2-3,5-6,9,14H,1,4,7-8,10-11H2. The molecule has 1 aliphatic rings. The van der Waals surface area contributed by atoms with E-state index >= 15 is 0 Å². The second-order valence-electron chi connectivity index (χ2n) is 5.23. The molecule has 0 aliphatic carbocycles. The molecule has 1 heterocycles. The van der Waals surface area contributed by atoms with Crippen molar-refractivity contribution in [1.29, 1.82) is 0 Å². The Morgan fingerprint density at radius 3 is 2.91 bits per heavy atom. The number of hydrogen-bond donors (Lipinski definition) is 0. The Morgan fingerprint density at radius 1 is 1.45 bits per heavy atom. The summed E-state index contributed by atoms with van der Waals surface area (Å²) >= 11 is 0. The van der Waals surface area contributed by atoms with E-state index in [-0.39, 0.29) is 18.4 Å². The molecule has 1 atom stereocenters. The minimum atomic E-state index is -4.35. The topological polar surface area (TPSA) is 29.5 Å². The van der Waals surface area contributed by atoms with Gasteiger partial charge in [-0.2, -0.15) is 13.2 Å². The molecule has 0 radical (unpaired) electrons. The number of amides is 1. The van der Waals surface area contributed by atoms with E-state index in [4.69, 9.17) is 4.74 Å². The number of morpholine rings is 1. The predicted molar refractivity (Wildman–Crippen MR) is 76.3 cm³/mol. The lowest BCUT2D eigenvalue weighted by Crippen LogP contribution is -2.46. The lowest BCUT2D eigenvalue weighted by molar-refractivity contribution is -0.137. The molecule has 22 heavy (non-hydrogen) atoms. The van der Waals surface area contributed by atoms with Gasteiger partial charge in [-0.05, 0) is 11.6 Å². The first-order valence-corrected chi connectivity index (χ1v) is 7.06. The largest absolute Gasteiger partial charge is 0.416 e. The van der Waals surface area contributed by atoms with Gasteiger partial charge in [-0.15, -0.1) is 6.58 Å². The molecule has 0 saturated carbocycles. The smallest absolute Gasteiger partial charge is 0.374 e. The molecule has 1 saturated heterocycles. The first-order valence-electron chi connectivity index (χ1n) is 7.06. The molecule has 0 spiro atoms. The van der Waals surface area contributed by atoms with Gasteiger partial charge in [0, 0.05) is 25.9 Å². The quantitative estimate of drug-likeness (QED) is 0.800. The Labute approximate surface area is 127 Å². The number of benzene rings is 1. The summed E-state index contributed by atoms with van der Waals surface area (Å²) in [6.45, 7) is 4.82. The number of carbonyl (C=O) groups excluding carboxylic acids is 1. The van der Waals surface area contributed by atoms with Crippen LogP contribution >= 0.6 is 0 Å². The van der Waals surface area contributed by atoms with Crippen LogP contribution in [0.5, 0.6) is 0 Å². The summed E-state index contributed by atoms with van der Waals surface area (Å²) in [4.78, 5) is 13.5. The summed E-state index contributed by atoms with van der Waals surface area (Å²) in [6, 6.07) is 5.21. The maximum Gasteiger partial charge on any atom is 0.416 e. The number of alkyl halides is 3. The molecule has 1 aromatic carbocycles. The number of hydrogen-bond acceptors (Lipinski definition) is 2. The number of ether oxygens (including phenoxy) is 1. The number of carbonyl (C=O) groups is 1. The molecular weight excluding hydrogens is 295 g/mol. The van der Waals surface area contributed by atoms with Crippen molar-refractivity contribution in [2.75, 3.05) is 19.7 Å². The Hall–Kier alpha value is -1.82. The van der Waals surface area contributed by atoms with Gasteiger partial charge in [0.25, 0.3) is 0 Å². The molecule has 1 amide bonds. The van der Waals surface area contributed by atoms with Crippen LogP contribution in [0.15, 0.2) is 36.9 Å².